The van der Waals surface area contributed by atoms with Gasteiger partial charge in [-0.1, -0.05) is 57.0 Å². The second-order valence-corrected chi connectivity index (χ2v) is 6.69. The number of unbranched alkanes of at least 4 members (excludes halogenated alkanes) is 3. The largest absolute Gasteiger partial charge is 0.496 e. The predicted molar refractivity (Wildman–Crippen MR) is 110 cm³/mol. The van der Waals surface area contributed by atoms with Gasteiger partial charge in [-0.2, -0.15) is 0 Å². The minimum atomic E-state index is -0.407. The minimum absolute atomic E-state index is 0.285. The first-order valence-electron chi connectivity index (χ1n) is 9.62. The molecule has 0 heterocycles. The van der Waals surface area contributed by atoms with Crippen LogP contribution in [0.25, 0.3) is 10.8 Å². The first-order chi connectivity index (χ1) is 13.1. The lowest BCUT2D eigenvalue weighted by Gasteiger charge is -2.20. The van der Waals surface area contributed by atoms with E-state index in [-0.39, 0.29) is 6.10 Å². The van der Waals surface area contributed by atoms with Gasteiger partial charge in [-0.3, -0.25) is 0 Å². The molecule has 0 radical (unpaired) electrons. The second-order valence-electron chi connectivity index (χ2n) is 6.69. The molecule has 146 valence electrons. The summed E-state index contributed by atoms with van der Waals surface area (Å²) in [4.78, 5) is 11.7. The topological polar surface area (TPSA) is 44.8 Å². The van der Waals surface area contributed by atoms with Gasteiger partial charge in [0, 0.05) is 16.8 Å². The summed E-state index contributed by atoms with van der Waals surface area (Å²) in [5, 5.41) is 2.00. The lowest BCUT2D eigenvalue weighted by molar-refractivity contribution is -0.144. The van der Waals surface area contributed by atoms with Gasteiger partial charge in [-0.25, -0.2) is 4.79 Å². The van der Waals surface area contributed by atoms with Crippen LogP contribution in [0.2, 0.25) is 0 Å². The number of esters is 1. The van der Waals surface area contributed by atoms with Gasteiger partial charge in [0.15, 0.2) is 0 Å². The van der Waals surface area contributed by atoms with Crippen LogP contribution in [0.4, 0.5) is 0 Å². The maximum Gasteiger partial charge on any atom is 0.330 e. The van der Waals surface area contributed by atoms with Crippen LogP contribution in [0, 0.1) is 6.92 Å². The molecule has 0 fully saturated rings. The molecule has 1 atom stereocenters. The van der Waals surface area contributed by atoms with Crippen LogP contribution < -0.4 is 9.47 Å². The lowest BCUT2D eigenvalue weighted by Crippen LogP contribution is -2.24. The molecule has 0 bridgehead atoms. The molecule has 2 rings (SSSR count). The van der Waals surface area contributed by atoms with Crippen LogP contribution in [0.3, 0.4) is 0 Å². The van der Waals surface area contributed by atoms with Crippen LogP contribution in [-0.2, 0) is 9.53 Å². The summed E-state index contributed by atoms with van der Waals surface area (Å²) in [5.41, 5.74) is 0.991. The number of carbonyl (C=O) groups is 1. The minimum Gasteiger partial charge on any atom is -0.496 e. The number of carbonyl (C=O) groups excluding carboxylic acids is 1. The van der Waals surface area contributed by atoms with Crippen molar-refractivity contribution < 1.29 is 19.0 Å². The van der Waals surface area contributed by atoms with Gasteiger partial charge in [0.25, 0.3) is 0 Å². The van der Waals surface area contributed by atoms with Crippen LogP contribution >= 0.6 is 0 Å². The summed E-state index contributed by atoms with van der Waals surface area (Å²) in [6.07, 6.45) is 6.19. The summed E-state index contributed by atoms with van der Waals surface area (Å²) in [5.74, 6) is 1.22. The van der Waals surface area contributed by atoms with E-state index in [4.69, 9.17) is 14.2 Å². The monoisotopic (exact) mass is 370 g/mol. The molecule has 2 aromatic rings. The van der Waals surface area contributed by atoms with Crippen molar-refractivity contribution in [2.24, 2.45) is 0 Å². The van der Waals surface area contributed by atoms with E-state index in [0.717, 1.165) is 47.1 Å². The molecule has 2 aromatic carbocycles. The quantitative estimate of drug-likeness (QED) is 0.293. The number of hydrogen-bond acceptors (Lipinski definition) is 4. The fourth-order valence-electron chi connectivity index (χ4n) is 3.17. The molecule has 4 heteroatoms. The highest BCUT2D eigenvalue weighted by molar-refractivity contribution is 5.94. The Bertz CT molecular complexity index is 766. The Labute approximate surface area is 162 Å². The van der Waals surface area contributed by atoms with Gasteiger partial charge < -0.3 is 14.2 Å². The molecule has 0 N–H and O–H groups in total. The first-order valence-corrected chi connectivity index (χ1v) is 9.62. The van der Waals surface area contributed by atoms with Gasteiger partial charge in [0.2, 0.25) is 0 Å². The SMILES string of the molecule is C=CC(=O)OC(CCCCCC)COc1c(C)cc(OC)c2ccccc12. The fourth-order valence-corrected chi connectivity index (χ4v) is 3.17. The summed E-state index contributed by atoms with van der Waals surface area (Å²) in [6.45, 7) is 7.98. The molecule has 0 aliphatic carbocycles. The normalized spacial score (nSPS) is 11.8. The number of ether oxygens (including phenoxy) is 3. The maximum absolute atomic E-state index is 11.7. The van der Waals surface area contributed by atoms with E-state index in [1.165, 1.54) is 18.9 Å². The lowest BCUT2D eigenvalue weighted by atomic mass is 10.0. The molecule has 1 unspecified atom stereocenters. The third kappa shape index (κ3) is 5.75. The third-order valence-electron chi connectivity index (χ3n) is 4.61. The highest BCUT2D eigenvalue weighted by atomic mass is 16.6. The molecule has 0 saturated heterocycles. The van der Waals surface area contributed by atoms with Crippen molar-refractivity contribution in [3.63, 3.8) is 0 Å². The molecule has 0 aliphatic heterocycles. The van der Waals surface area contributed by atoms with E-state index in [0.29, 0.717) is 6.61 Å². The van der Waals surface area contributed by atoms with Crippen molar-refractivity contribution in [2.75, 3.05) is 13.7 Å². The van der Waals surface area contributed by atoms with Gasteiger partial charge in [0.1, 0.15) is 24.2 Å². The van der Waals surface area contributed by atoms with E-state index in [1.54, 1.807) is 7.11 Å². The van der Waals surface area contributed by atoms with Gasteiger partial charge >= 0.3 is 5.97 Å². The highest BCUT2D eigenvalue weighted by Crippen LogP contribution is 2.36. The summed E-state index contributed by atoms with van der Waals surface area (Å²) >= 11 is 0. The standard InChI is InChI=1S/C23H30O4/c1-5-7-8-9-12-18(27-22(24)6-2)16-26-23-17(3)15-21(25-4)19-13-10-11-14-20(19)23/h6,10-11,13-15,18H,2,5,7-9,12,16H2,1,3-4H3. The van der Waals surface area contributed by atoms with E-state index in [9.17, 15) is 4.79 Å². The number of hydrogen-bond donors (Lipinski definition) is 0. The van der Waals surface area contributed by atoms with Crippen molar-refractivity contribution in [3.8, 4) is 11.5 Å². The smallest absolute Gasteiger partial charge is 0.330 e. The first kappa shape index (κ1) is 20.8. The Balaban J connectivity index is 2.16. The number of benzene rings is 2. The molecule has 0 aromatic heterocycles. The second kappa shape index (κ2) is 10.6. The number of aryl methyl sites for hydroxylation is 1. The molecular formula is C23H30O4. The Hall–Kier alpha value is -2.49. The zero-order valence-electron chi connectivity index (χ0n) is 16.6. The van der Waals surface area contributed by atoms with E-state index < -0.39 is 5.97 Å². The van der Waals surface area contributed by atoms with E-state index in [1.807, 2.05) is 37.3 Å². The third-order valence-corrected chi connectivity index (χ3v) is 4.61. The zero-order chi connectivity index (χ0) is 19.6. The molecular weight excluding hydrogens is 340 g/mol. The van der Waals surface area contributed by atoms with Crippen LogP contribution in [-0.4, -0.2) is 25.8 Å². The Morgan fingerprint density at radius 3 is 2.59 bits per heavy atom. The molecule has 0 saturated carbocycles. The van der Waals surface area contributed by atoms with E-state index >= 15 is 0 Å². The molecule has 0 spiro atoms. The van der Waals surface area contributed by atoms with Crippen LogP contribution in [0.15, 0.2) is 43.0 Å². The maximum atomic E-state index is 11.7. The van der Waals surface area contributed by atoms with E-state index in [2.05, 4.69) is 13.5 Å². The molecule has 0 aliphatic rings. The zero-order valence-corrected chi connectivity index (χ0v) is 16.6. The van der Waals surface area contributed by atoms with Crippen molar-refractivity contribution in [1.29, 1.82) is 0 Å². The summed E-state index contributed by atoms with van der Waals surface area (Å²) < 4.78 is 17.1. The Kier molecular flexibility index (Phi) is 8.18. The highest BCUT2D eigenvalue weighted by Gasteiger charge is 2.17. The fraction of sp³-hybridized carbons (Fsp3) is 0.435. The van der Waals surface area contributed by atoms with Crippen LogP contribution in [0.5, 0.6) is 11.5 Å². The molecule has 27 heavy (non-hydrogen) atoms. The number of methoxy groups -OCH3 is 1. The number of rotatable bonds is 11. The van der Waals surface area contributed by atoms with Gasteiger partial charge in [-0.15, -0.1) is 0 Å². The number of fused-ring (bicyclic) bond motifs is 1. The van der Waals surface area contributed by atoms with Crippen LogP contribution in [0.1, 0.15) is 44.6 Å². The van der Waals surface area contributed by atoms with Gasteiger partial charge in [-0.05, 0) is 31.4 Å². The Morgan fingerprint density at radius 2 is 1.93 bits per heavy atom. The Morgan fingerprint density at radius 1 is 1.19 bits per heavy atom. The van der Waals surface area contributed by atoms with Crippen molar-refractivity contribution in [3.05, 3.63) is 48.6 Å². The predicted octanol–water partition coefficient (Wildman–Crippen LogP) is 5.60. The van der Waals surface area contributed by atoms with Crippen molar-refractivity contribution >= 4 is 16.7 Å². The van der Waals surface area contributed by atoms with Gasteiger partial charge in [0.05, 0.1) is 7.11 Å². The summed E-state index contributed by atoms with van der Waals surface area (Å²) in [7, 11) is 1.67. The summed E-state index contributed by atoms with van der Waals surface area (Å²) in [6, 6.07) is 9.97. The average Bonchev–Trinajstić information content (AvgIpc) is 2.69. The van der Waals surface area contributed by atoms with Crippen molar-refractivity contribution in [1.82, 2.24) is 0 Å². The molecule has 4 nitrogen and oxygen atoms in total. The molecule has 0 amide bonds. The van der Waals surface area contributed by atoms with Crippen molar-refractivity contribution in [2.45, 2.75) is 52.1 Å². The average molecular weight is 370 g/mol.